The molecular formula is C9H9FN2. The topological polar surface area (TPSA) is 49.8 Å². The average molecular weight is 164 g/mol. The number of aryl methyl sites for hydroxylation is 1. The summed E-state index contributed by atoms with van der Waals surface area (Å²) in [5, 5.41) is 8.66. The Morgan fingerprint density at radius 3 is 2.58 bits per heavy atom. The van der Waals surface area contributed by atoms with Gasteiger partial charge in [-0.2, -0.15) is 5.26 Å². The molecule has 1 rings (SSSR count). The molecule has 0 radical (unpaired) electrons. The molecule has 0 spiro atoms. The van der Waals surface area contributed by atoms with Crippen LogP contribution in [0.5, 0.6) is 0 Å². The summed E-state index contributed by atoms with van der Waals surface area (Å²) < 4.78 is 13.1. The molecule has 0 aromatic heterocycles. The van der Waals surface area contributed by atoms with Crippen LogP contribution in [0.1, 0.15) is 16.7 Å². The van der Waals surface area contributed by atoms with Gasteiger partial charge in [0.15, 0.2) is 0 Å². The van der Waals surface area contributed by atoms with E-state index in [9.17, 15) is 4.39 Å². The molecule has 0 fully saturated rings. The Labute approximate surface area is 70.4 Å². The monoisotopic (exact) mass is 164 g/mol. The van der Waals surface area contributed by atoms with Crippen molar-refractivity contribution in [1.29, 1.82) is 5.26 Å². The Hall–Kier alpha value is -1.56. The smallest absolute Gasteiger partial charge is 0.150 e. The Morgan fingerprint density at radius 2 is 2.08 bits per heavy atom. The molecule has 0 saturated carbocycles. The predicted molar refractivity (Wildman–Crippen MR) is 45.0 cm³/mol. The third-order valence-corrected chi connectivity index (χ3v) is 1.84. The first-order valence-electron chi connectivity index (χ1n) is 3.53. The molecule has 0 saturated heterocycles. The van der Waals surface area contributed by atoms with E-state index in [0.717, 1.165) is 0 Å². The van der Waals surface area contributed by atoms with Gasteiger partial charge in [0.05, 0.1) is 17.3 Å². The predicted octanol–water partition coefficient (Wildman–Crippen LogP) is 1.90. The van der Waals surface area contributed by atoms with Crippen LogP contribution in [0.3, 0.4) is 0 Å². The number of nitrogens with two attached hydrogens (primary N) is 1. The minimum absolute atomic E-state index is 0.101. The maximum Gasteiger partial charge on any atom is 0.150 e. The number of nitrogens with zero attached hydrogens (tertiary/aromatic N) is 1. The molecule has 0 unspecified atom stereocenters. The van der Waals surface area contributed by atoms with Crippen LogP contribution < -0.4 is 5.73 Å². The van der Waals surface area contributed by atoms with Gasteiger partial charge in [0.25, 0.3) is 0 Å². The Kier molecular flexibility index (Phi) is 2.01. The fourth-order valence-corrected chi connectivity index (χ4v) is 1.16. The van der Waals surface area contributed by atoms with E-state index in [-0.39, 0.29) is 5.69 Å². The van der Waals surface area contributed by atoms with Crippen molar-refractivity contribution in [2.75, 3.05) is 5.73 Å². The lowest BCUT2D eigenvalue weighted by Gasteiger charge is -2.05. The Balaban J connectivity index is 3.54. The molecule has 0 heterocycles. The number of rotatable bonds is 0. The molecule has 0 aliphatic heterocycles. The van der Waals surface area contributed by atoms with Crippen molar-refractivity contribution in [3.05, 3.63) is 28.6 Å². The molecule has 0 amide bonds. The number of nitrogen functional groups attached to an aromatic ring is 1. The summed E-state index contributed by atoms with van der Waals surface area (Å²) in [7, 11) is 0. The number of anilines is 1. The average Bonchev–Trinajstić information content (AvgIpc) is 2.01. The van der Waals surface area contributed by atoms with Crippen LogP contribution in [0.2, 0.25) is 0 Å². The standard InChI is InChI=1S/C9H9FN2/c1-5-3-8(12)9(10)6(2)7(5)4-11/h3H,12H2,1-2H3. The summed E-state index contributed by atoms with van der Waals surface area (Å²) in [6.45, 7) is 3.29. The van der Waals surface area contributed by atoms with Gasteiger partial charge in [0, 0.05) is 5.56 Å². The van der Waals surface area contributed by atoms with E-state index < -0.39 is 5.82 Å². The lowest BCUT2D eigenvalue weighted by atomic mass is 10.0. The van der Waals surface area contributed by atoms with Crippen molar-refractivity contribution in [3.63, 3.8) is 0 Å². The van der Waals surface area contributed by atoms with Crippen LogP contribution in [-0.2, 0) is 0 Å². The van der Waals surface area contributed by atoms with Gasteiger partial charge in [-0.15, -0.1) is 0 Å². The summed E-state index contributed by atoms with van der Waals surface area (Å²) in [5.41, 5.74) is 6.88. The van der Waals surface area contributed by atoms with E-state index >= 15 is 0 Å². The number of hydrogen-bond acceptors (Lipinski definition) is 2. The minimum Gasteiger partial charge on any atom is -0.396 e. The zero-order chi connectivity index (χ0) is 9.30. The van der Waals surface area contributed by atoms with Gasteiger partial charge in [-0.25, -0.2) is 4.39 Å². The summed E-state index contributed by atoms with van der Waals surface area (Å²) >= 11 is 0. The summed E-state index contributed by atoms with van der Waals surface area (Å²) in [6.07, 6.45) is 0. The minimum atomic E-state index is -0.489. The van der Waals surface area contributed by atoms with Gasteiger partial charge in [0.1, 0.15) is 5.82 Å². The zero-order valence-electron chi connectivity index (χ0n) is 6.98. The third-order valence-electron chi connectivity index (χ3n) is 1.84. The molecular weight excluding hydrogens is 155 g/mol. The van der Waals surface area contributed by atoms with Crippen LogP contribution in [0, 0.1) is 31.0 Å². The van der Waals surface area contributed by atoms with E-state index in [1.54, 1.807) is 13.8 Å². The van der Waals surface area contributed by atoms with Crippen molar-refractivity contribution >= 4 is 5.69 Å². The first-order valence-corrected chi connectivity index (χ1v) is 3.53. The molecule has 3 heteroatoms. The maximum atomic E-state index is 13.1. The van der Waals surface area contributed by atoms with E-state index in [1.165, 1.54) is 6.07 Å². The first kappa shape index (κ1) is 8.54. The maximum absolute atomic E-state index is 13.1. The summed E-state index contributed by atoms with van der Waals surface area (Å²) in [4.78, 5) is 0. The zero-order valence-corrected chi connectivity index (χ0v) is 6.98. The second-order valence-corrected chi connectivity index (χ2v) is 2.71. The highest BCUT2D eigenvalue weighted by atomic mass is 19.1. The number of halogens is 1. The van der Waals surface area contributed by atoms with E-state index in [2.05, 4.69) is 0 Å². The molecule has 2 nitrogen and oxygen atoms in total. The van der Waals surface area contributed by atoms with Crippen LogP contribution in [-0.4, -0.2) is 0 Å². The van der Waals surface area contributed by atoms with Crippen LogP contribution in [0.4, 0.5) is 10.1 Å². The van der Waals surface area contributed by atoms with Crippen molar-refractivity contribution in [2.45, 2.75) is 13.8 Å². The third kappa shape index (κ3) is 1.12. The fourth-order valence-electron chi connectivity index (χ4n) is 1.16. The number of benzene rings is 1. The molecule has 0 aliphatic carbocycles. The van der Waals surface area contributed by atoms with E-state index in [0.29, 0.717) is 16.7 Å². The van der Waals surface area contributed by atoms with Crippen LogP contribution >= 0.6 is 0 Å². The van der Waals surface area contributed by atoms with Gasteiger partial charge in [-0.3, -0.25) is 0 Å². The van der Waals surface area contributed by atoms with Crippen molar-refractivity contribution in [2.24, 2.45) is 0 Å². The largest absolute Gasteiger partial charge is 0.396 e. The quantitative estimate of drug-likeness (QED) is 0.595. The van der Waals surface area contributed by atoms with Gasteiger partial charge in [-0.05, 0) is 25.5 Å². The fraction of sp³-hybridized carbons (Fsp3) is 0.222. The van der Waals surface area contributed by atoms with E-state index in [4.69, 9.17) is 11.0 Å². The lowest BCUT2D eigenvalue weighted by molar-refractivity contribution is 0.622. The Morgan fingerprint density at radius 1 is 1.50 bits per heavy atom. The highest BCUT2D eigenvalue weighted by Gasteiger charge is 2.09. The molecule has 12 heavy (non-hydrogen) atoms. The van der Waals surface area contributed by atoms with Gasteiger partial charge in [0.2, 0.25) is 0 Å². The van der Waals surface area contributed by atoms with E-state index in [1.807, 2.05) is 6.07 Å². The molecule has 2 N–H and O–H groups in total. The second-order valence-electron chi connectivity index (χ2n) is 2.71. The summed E-state index contributed by atoms with van der Waals surface area (Å²) in [6, 6.07) is 3.41. The van der Waals surface area contributed by atoms with Gasteiger partial charge in [-0.1, -0.05) is 0 Å². The molecule has 1 aromatic carbocycles. The van der Waals surface area contributed by atoms with Crippen LogP contribution in [0.25, 0.3) is 0 Å². The molecule has 0 bridgehead atoms. The summed E-state index contributed by atoms with van der Waals surface area (Å²) in [5.74, 6) is -0.489. The van der Waals surface area contributed by atoms with Crippen molar-refractivity contribution in [3.8, 4) is 6.07 Å². The SMILES string of the molecule is Cc1cc(N)c(F)c(C)c1C#N. The molecule has 0 atom stereocenters. The highest BCUT2D eigenvalue weighted by molar-refractivity contribution is 5.54. The Bertz CT molecular complexity index is 364. The van der Waals surface area contributed by atoms with Gasteiger partial charge >= 0.3 is 0 Å². The van der Waals surface area contributed by atoms with Crippen LogP contribution in [0.15, 0.2) is 6.07 Å². The van der Waals surface area contributed by atoms with Crippen molar-refractivity contribution < 1.29 is 4.39 Å². The van der Waals surface area contributed by atoms with Crippen molar-refractivity contribution in [1.82, 2.24) is 0 Å². The lowest BCUT2D eigenvalue weighted by Crippen LogP contribution is -1.98. The normalized spacial score (nSPS) is 9.50. The number of hydrogen-bond donors (Lipinski definition) is 1. The highest BCUT2D eigenvalue weighted by Crippen LogP contribution is 2.21. The molecule has 1 aromatic rings. The van der Waals surface area contributed by atoms with Gasteiger partial charge < -0.3 is 5.73 Å². The second kappa shape index (κ2) is 2.82. The molecule has 62 valence electrons. The molecule has 0 aliphatic rings. The number of nitriles is 1. The first-order chi connectivity index (χ1) is 5.57.